The van der Waals surface area contributed by atoms with Crippen molar-refractivity contribution in [3.8, 4) is 0 Å². The summed E-state index contributed by atoms with van der Waals surface area (Å²) in [5, 5.41) is 0. The first-order chi connectivity index (χ1) is 12.9. The molecule has 0 amide bonds. The van der Waals surface area contributed by atoms with Crippen molar-refractivity contribution < 1.29 is 4.74 Å². The van der Waals surface area contributed by atoms with Gasteiger partial charge in [-0.25, -0.2) is 4.98 Å². The Morgan fingerprint density at radius 2 is 1.85 bits per heavy atom. The van der Waals surface area contributed by atoms with E-state index in [2.05, 4.69) is 69.0 Å². The van der Waals surface area contributed by atoms with Crippen LogP contribution in [0.4, 0.5) is 5.95 Å². The van der Waals surface area contributed by atoms with Crippen LogP contribution in [-0.4, -0.2) is 40.4 Å². The Kier molecular flexibility index (Phi) is 4.11. The van der Waals surface area contributed by atoms with Gasteiger partial charge < -0.3 is 9.64 Å². The Morgan fingerprint density at radius 1 is 1.00 bits per heavy atom. The molecule has 0 saturated carbocycles. The molecular formula is C21H24N4O. The molecule has 5 nitrogen and oxygen atoms in total. The second-order valence-corrected chi connectivity index (χ2v) is 7.28. The Hall–Kier alpha value is -2.37. The summed E-state index contributed by atoms with van der Waals surface area (Å²) in [6.07, 6.45) is 2.72. The molecule has 2 aliphatic rings. The van der Waals surface area contributed by atoms with Crippen molar-refractivity contribution in [1.82, 2.24) is 14.5 Å². The van der Waals surface area contributed by atoms with Gasteiger partial charge in [-0.1, -0.05) is 42.5 Å². The molecule has 1 saturated heterocycles. The predicted molar refractivity (Wildman–Crippen MR) is 103 cm³/mol. The first-order valence-corrected chi connectivity index (χ1v) is 9.45. The summed E-state index contributed by atoms with van der Waals surface area (Å²) in [6, 6.07) is 19.1. The summed E-state index contributed by atoms with van der Waals surface area (Å²) in [4.78, 5) is 9.80. The van der Waals surface area contributed by atoms with Crippen LogP contribution in [-0.2, 0) is 18.0 Å². The zero-order chi connectivity index (χ0) is 17.3. The number of rotatable bonds is 4. The lowest BCUT2D eigenvalue weighted by atomic mass is 10.2. The van der Waals surface area contributed by atoms with Gasteiger partial charge in [-0.15, -0.1) is 0 Å². The van der Waals surface area contributed by atoms with Crippen molar-refractivity contribution in [2.45, 2.75) is 32.2 Å². The quantitative estimate of drug-likeness (QED) is 0.723. The lowest BCUT2D eigenvalue weighted by molar-refractivity contribution is 0.0583. The van der Waals surface area contributed by atoms with E-state index in [-0.39, 0.29) is 0 Å². The fourth-order valence-electron chi connectivity index (χ4n) is 4.11. The number of hydrogen-bond acceptors (Lipinski definition) is 4. The molecule has 3 aromatic rings. The van der Waals surface area contributed by atoms with Crippen molar-refractivity contribution in [2.75, 3.05) is 24.7 Å². The maximum atomic E-state index is 5.88. The average Bonchev–Trinajstić information content (AvgIpc) is 3.31. The van der Waals surface area contributed by atoms with Crippen molar-refractivity contribution in [3.05, 3.63) is 60.2 Å². The molecule has 1 unspecified atom stereocenters. The van der Waals surface area contributed by atoms with Crippen LogP contribution in [0.2, 0.25) is 0 Å². The van der Waals surface area contributed by atoms with Gasteiger partial charge in [0.1, 0.15) is 0 Å². The Morgan fingerprint density at radius 3 is 2.69 bits per heavy atom. The molecule has 1 fully saturated rings. The van der Waals surface area contributed by atoms with E-state index in [4.69, 9.17) is 9.72 Å². The summed E-state index contributed by atoms with van der Waals surface area (Å²) < 4.78 is 8.23. The van der Waals surface area contributed by atoms with Crippen LogP contribution >= 0.6 is 0 Å². The van der Waals surface area contributed by atoms with Crippen LogP contribution in [0.25, 0.3) is 11.0 Å². The number of anilines is 1. The van der Waals surface area contributed by atoms with Gasteiger partial charge in [-0.2, -0.15) is 0 Å². The van der Waals surface area contributed by atoms with E-state index < -0.39 is 0 Å². The Bertz CT molecular complexity index is 885. The highest BCUT2D eigenvalue weighted by molar-refractivity contribution is 5.79. The van der Waals surface area contributed by atoms with Crippen molar-refractivity contribution >= 4 is 17.0 Å². The first kappa shape index (κ1) is 15.9. The third-order valence-corrected chi connectivity index (χ3v) is 5.33. The highest BCUT2D eigenvalue weighted by atomic mass is 16.5. The van der Waals surface area contributed by atoms with Crippen LogP contribution < -0.4 is 4.90 Å². The molecule has 1 aromatic heterocycles. The number of imidazole rings is 1. The molecule has 2 aromatic carbocycles. The van der Waals surface area contributed by atoms with Crippen LogP contribution in [0.1, 0.15) is 18.4 Å². The number of fused-ring (bicyclic) bond motifs is 3. The van der Waals surface area contributed by atoms with Gasteiger partial charge in [0, 0.05) is 19.7 Å². The summed E-state index contributed by atoms with van der Waals surface area (Å²) in [5.41, 5.74) is 3.59. The Balaban J connectivity index is 1.48. The number of aromatic nitrogens is 2. The zero-order valence-electron chi connectivity index (χ0n) is 14.9. The lowest BCUT2D eigenvalue weighted by Gasteiger charge is -2.38. The number of para-hydroxylation sites is 2. The van der Waals surface area contributed by atoms with Gasteiger partial charge in [0.15, 0.2) is 0 Å². The molecule has 134 valence electrons. The highest BCUT2D eigenvalue weighted by Gasteiger charge is 2.28. The SMILES string of the molecule is c1ccc(CN2CN(CC3CCCO3)Cn3c2nc2ccccc23)cc1. The van der Waals surface area contributed by atoms with Gasteiger partial charge in [-0.3, -0.25) is 9.47 Å². The maximum Gasteiger partial charge on any atom is 0.209 e. The molecule has 3 heterocycles. The van der Waals surface area contributed by atoms with Crippen molar-refractivity contribution in [2.24, 2.45) is 0 Å². The molecule has 2 aliphatic heterocycles. The minimum Gasteiger partial charge on any atom is -0.377 e. The molecule has 0 aliphatic carbocycles. The average molecular weight is 348 g/mol. The van der Waals surface area contributed by atoms with E-state index in [9.17, 15) is 0 Å². The van der Waals surface area contributed by atoms with E-state index in [1.165, 1.54) is 23.9 Å². The maximum absolute atomic E-state index is 5.88. The zero-order valence-corrected chi connectivity index (χ0v) is 14.9. The second-order valence-electron chi connectivity index (χ2n) is 7.28. The van der Waals surface area contributed by atoms with E-state index >= 15 is 0 Å². The van der Waals surface area contributed by atoms with Gasteiger partial charge in [-0.05, 0) is 30.5 Å². The van der Waals surface area contributed by atoms with Gasteiger partial charge >= 0.3 is 0 Å². The van der Waals surface area contributed by atoms with Gasteiger partial charge in [0.2, 0.25) is 5.95 Å². The lowest BCUT2D eigenvalue weighted by Crippen LogP contribution is -2.47. The van der Waals surface area contributed by atoms with Crippen LogP contribution in [0.5, 0.6) is 0 Å². The summed E-state index contributed by atoms with van der Waals surface area (Å²) in [7, 11) is 0. The fourth-order valence-corrected chi connectivity index (χ4v) is 4.11. The smallest absolute Gasteiger partial charge is 0.209 e. The minimum absolute atomic E-state index is 0.366. The third kappa shape index (κ3) is 2.97. The van der Waals surface area contributed by atoms with Gasteiger partial charge in [0.05, 0.1) is 30.5 Å². The normalized spacial score (nSPS) is 20.6. The van der Waals surface area contributed by atoms with Crippen molar-refractivity contribution in [1.29, 1.82) is 0 Å². The summed E-state index contributed by atoms with van der Waals surface area (Å²) >= 11 is 0. The third-order valence-electron chi connectivity index (χ3n) is 5.33. The fraction of sp³-hybridized carbons (Fsp3) is 0.381. The van der Waals surface area contributed by atoms with Crippen LogP contribution in [0.15, 0.2) is 54.6 Å². The van der Waals surface area contributed by atoms with E-state index in [1.54, 1.807) is 0 Å². The highest BCUT2D eigenvalue weighted by Crippen LogP contribution is 2.28. The topological polar surface area (TPSA) is 33.5 Å². The summed E-state index contributed by atoms with van der Waals surface area (Å²) in [6.45, 7) is 4.52. The van der Waals surface area contributed by atoms with E-state index in [1.807, 2.05) is 0 Å². The second kappa shape index (κ2) is 6.74. The van der Waals surface area contributed by atoms with Crippen LogP contribution in [0, 0.1) is 0 Å². The molecular weight excluding hydrogens is 324 g/mol. The molecule has 26 heavy (non-hydrogen) atoms. The number of ether oxygens (including phenoxy) is 1. The first-order valence-electron chi connectivity index (χ1n) is 9.45. The molecule has 5 heteroatoms. The molecule has 0 radical (unpaired) electrons. The number of benzene rings is 2. The standard InChI is InChI=1S/C21H24N4O/c1-2-7-17(8-3-1)13-24-15-23(14-18-9-6-12-26-18)16-25-20-11-5-4-10-19(20)22-21(24)25/h1-5,7-8,10-11,18H,6,9,12-16H2. The van der Waals surface area contributed by atoms with E-state index in [0.717, 1.165) is 44.5 Å². The van der Waals surface area contributed by atoms with Crippen molar-refractivity contribution in [3.63, 3.8) is 0 Å². The monoisotopic (exact) mass is 348 g/mol. The van der Waals surface area contributed by atoms with Gasteiger partial charge in [0.25, 0.3) is 0 Å². The van der Waals surface area contributed by atoms with E-state index in [0.29, 0.717) is 6.10 Å². The molecule has 5 rings (SSSR count). The molecule has 0 spiro atoms. The summed E-state index contributed by atoms with van der Waals surface area (Å²) in [5.74, 6) is 1.07. The van der Waals surface area contributed by atoms with Crippen LogP contribution in [0.3, 0.4) is 0 Å². The Labute approximate surface area is 153 Å². The predicted octanol–water partition coefficient (Wildman–Crippen LogP) is 3.45. The number of hydrogen-bond donors (Lipinski definition) is 0. The molecule has 1 atom stereocenters. The minimum atomic E-state index is 0.366. The molecule has 0 N–H and O–H groups in total. The number of nitrogens with zero attached hydrogens (tertiary/aromatic N) is 4. The largest absolute Gasteiger partial charge is 0.377 e. The molecule has 0 bridgehead atoms.